The Bertz CT molecular complexity index is 429. The van der Waals surface area contributed by atoms with Crippen molar-refractivity contribution < 1.29 is 19.0 Å². The molecule has 7 heteroatoms. The van der Waals surface area contributed by atoms with Gasteiger partial charge in [0.1, 0.15) is 0 Å². The van der Waals surface area contributed by atoms with E-state index >= 15 is 0 Å². The second kappa shape index (κ2) is 11.9. The number of ether oxygens (including phenoxy) is 3. The fraction of sp³-hybridized carbons (Fsp3) is 0.533. The highest BCUT2D eigenvalue weighted by Crippen LogP contribution is 2.05. The Morgan fingerprint density at radius 1 is 1.00 bits per heavy atom. The third-order valence-electron chi connectivity index (χ3n) is 2.69. The molecule has 0 aliphatic rings. The highest BCUT2D eigenvalue weighted by molar-refractivity contribution is 5.94. The predicted molar refractivity (Wildman–Crippen MR) is 84.7 cm³/mol. The van der Waals surface area contributed by atoms with Crippen molar-refractivity contribution in [3.05, 3.63) is 29.8 Å². The van der Waals surface area contributed by atoms with Crippen molar-refractivity contribution >= 4 is 11.6 Å². The Hall–Kier alpha value is -1.67. The van der Waals surface area contributed by atoms with Crippen LogP contribution in [0.25, 0.3) is 0 Å². The standard InChI is InChI=1S/C15H25N3O4/c16-4-6-20-8-10-22-11-9-21-7-5-18-15(19)13-2-1-3-14(17)12-13/h1-3,12H,4-11,16-17H2,(H,18,19). The van der Waals surface area contributed by atoms with Crippen LogP contribution in [0.15, 0.2) is 24.3 Å². The number of hydrogen-bond donors (Lipinski definition) is 3. The molecule has 124 valence electrons. The fourth-order valence-electron chi connectivity index (χ4n) is 1.64. The second-order valence-corrected chi connectivity index (χ2v) is 4.51. The van der Waals surface area contributed by atoms with E-state index < -0.39 is 0 Å². The number of amides is 1. The summed E-state index contributed by atoms with van der Waals surface area (Å²) in [6.07, 6.45) is 0. The summed E-state index contributed by atoms with van der Waals surface area (Å²) in [4.78, 5) is 11.8. The van der Waals surface area contributed by atoms with Gasteiger partial charge >= 0.3 is 0 Å². The topological polar surface area (TPSA) is 109 Å². The normalized spacial score (nSPS) is 10.6. The van der Waals surface area contributed by atoms with E-state index in [9.17, 15) is 4.79 Å². The van der Waals surface area contributed by atoms with Gasteiger partial charge in [-0.25, -0.2) is 0 Å². The van der Waals surface area contributed by atoms with Crippen LogP contribution in [0.2, 0.25) is 0 Å². The van der Waals surface area contributed by atoms with Gasteiger partial charge in [0.25, 0.3) is 5.91 Å². The molecule has 0 saturated carbocycles. The van der Waals surface area contributed by atoms with E-state index in [2.05, 4.69) is 5.32 Å². The van der Waals surface area contributed by atoms with Crippen molar-refractivity contribution in [2.75, 3.05) is 58.5 Å². The van der Waals surface area contributed by atoms with Gasteiger partial charge in [0.2, 0.25) is 0 Å². The molecule has 0 aliphatic heterocycles. The average Bonchev–Trinajstić information content (AvgIpc) is 2.52. The van der Waals surface area contributed by atoms with Crippen LogP contribution in [-0.2, 0) is 14.2 Å². The number of hydrogen-bond acceptors (Lipinski definition) is 6. The van der Waals surface area contributed by atoms with Crippen LogP contribution < -0.4 is 16.8 Å². The quantitative estimate of drug-likeness (QED) is 0.370. The van der Waals surface area contributed by atoms with Crippen molar-refractivity contribution in [2.45, 2.75) is 0 Å². The molecule has 1 rings (SSSR count). The summed E-state index contributed by atoms with van der Waals surface area (Å²) in [7, 11) is 0. The number of rotatable bonds is 12. The summed E-state index contributed by atoms with van der Waals surface area (Å²) in [5, 5.41) is 2.76. The maximum atomic E-state index is 11.8. The molecule has 0 heterocycles. The van der Waals surface area contributed by atoms with E-state index in [0.29, 0.717) is 64.0 Å². The molecule has 5 N–H and O–H groups in total. The van der Waals surface area contributed by atoms with Crippen LogP contribution in [0.5, 0.6) is 0 Å². The third-order valence-corrected chi connectivity index (χ3v) is 2.69. The lowest BCUT2D eigenvalue weighted by atomic mass is 10.2. The van der Waals surface area contributed by atoms with Gasteiger partial charge in [-0.3, -0.25) is 4.79 Å². The van der Waals surface area contributed by atoms with Gasteiger partial charge < -0.3 is 31.0 Å². The lowest BCUT2D eigenvalue weighted by Crippen LogP contribution is -2.27. The van der Waals surface area contributed by atoms with Crippen LogP contribution in [0.4, 0.5) is 5.69 Å². The summed E-state index contributed by atoms with van der Waals surface area (Å²) < 4.78 is 15.8. The fourth-order valence-corrected chi connectivity index (χ4v) is 1.64. The Kier molecular flexibility index (Phi) is 9.97. The Labute approximate surface area is 130 Å². The zero-order valence-electron chi connectivity index (χ0n) is 12.8. The molecule has 0 aliphatic carbocycles. The molecule has 0 fully saturated rings. The summed E-state index contributed by atoms with van der Waals surface area (Å²) in [6.45, 7) is 3.97. The molecule has 0 saturated heterocycles. The molecule has 0 radical (unpaired) electrons. The Morgan fingerprint density at radius 3 is 2.27 bits per heavy atom. The first-order valence-electron chi connectivity index (χ1n) is 7.31. The largest absolute Gasteiger partial charge is 0.399 e. The zero-order valence-corrected chi connectivity index (χ0v) is 12.8. The van der Waals surface area contributed by atoms with Gasteiger partial charge in [-0.15, -0.1) is 0 Å². The van der Waals surface area contributed by atoms with Crippen molar-refractivity contribution in [3.8, 4) is 0 Å². The number of carbonyl (C=O) groups excluding carboxylic acids is 1. The van der Waals surface area contributed by atoms with Crippen molar-refractivity contribution in [2.24, 2.45) is 5.73 Å². The number of nitrogen functional groups attached to an aromatic ring is 1. The Morgan fingerprint density at radius 2 is 1.64 bits per heavy atom. The number of carbonyl (C=O) groups is 1. The smallest absolute Gasteiger partial charge is 0.251 e. The monoisotopic (exact) mass is 311 g/mol. The summed E-state index contributed by atoms with van der Waals surface area (Å²) >= 11 is 0. The molecular formula is C15H25N3O4. The first-order chi connectivity index (χ1) is 10.7. The number of benzene rings is 1. The van der Waals surface area contributed by atoms with E-state index in [4.69, 9.17) is 25.7 Å². The highest BCUT2D eigenvalue weighted by atomic mass is 16.5. The van der Waals surface area contributed by atoms with Gasteiger partial charge in [-0.05, 0) is 18.2 Å². The van der Waals surface area contributed by atoms with Gasteiger partial charge in [0, 0.05) is 24.3 Å². The van der Waals surface area contributed by atoms with Gasteiger partial charge in [-0.1, -0.05) is 6.07 Å². The average molecular weight is 311 g/mol. The molecule has 0 aromatic heterocycles. The molecule has 7 nitrogen and oxygen atoms in total. The van der Waals surface area contributed by atoms with Crippen LogP contribution >= 0.6 is 0 Å². The molecule has 22 heavy (non-hydrogen) atoms. The molecule has 1 aromatic rings. The van der Waals surface area contributed by atoms with Crippen LogP contribution in [0, 0.1) is 0 Å². The van der Waals surface area contributed by atoms with Crippen LogP contribution in [-0.4, -0.2) is 58.6 Å². The minimum atomic E-state index is -0.163. The second-order valence-electron chi connectivity index (χ2n) is 4.51. The first-order valence-corrected chi connectivity index (χ1v) is 7.31. The zero-order chi connectivity index (χ0) is 16.0. The molecule has 0 spiro atoms. The lowest BCUT2D eigenvalue weighted by Gasteiger charge is -2.08. The molecule has 0 atom stereocenters. The van der Waals surface area contributed by atoms with Gasteiger partial charge in [0.15, 0.2) is 0 Å². The molecule has 1 aromatic carbocycles. The molecule has 0 unspecified atom stereocenters. The molecule has 0 bridgehead atoms. The van der Waals surface area contributed by atoms with Gasteiger partial charge in [-0.2, -0.15) is 0 Å². The predicted octanol–water partition coefficient (Wildman–Crippen LogP) is 0.00710. The SMILES string of the molecule is NCCOCCOCCOCCNC(=O)c1cccc(N)c1. The lowest BCUT2D eigenvalue weighted by molar-refractivity contribution is 0.0166. The molecule has 1 amide bonds. The molecular weight excluding hydrogens is 286 g/mol. The third kappa shape index (κ3) is 8.58. The van der Waals surface area contributed by atoms with E-state index in [1.54, 1.807) is 24.3 Å². The van der Waals surface area contributed by atoms with Crippen molar-refractivity contribution in [3.63, 3.8) is 0 Å². The van der Waals surface area contributed by atoms with Gasteiger partial charge in [0.05, 0.1) is 39.6 Å². The number of anilines is 1. The van der Waals surface area contributed by atoms with E-state index in [-0.39, 0.29) is 5.91 Å². The van der Waals surface area contributed by atoms with Crippen molar-refractivity contribution in [1.29, 1.82) is 0 Å². The summed E-state index contributed by atoms with van der Waals surface area (Å²) in [5.74, 6) is -0.163. The van der Waals surface area contributed by atoms with Crippen LogP contribution in [0.3, 0.4) is 0 Å². The highest BCUT2D eigenvalue weighted by Gasteiger charge is 2.04. The maximum Gasteiger partial charge on any atom is 0.251 e. The number of nitrogens with two attached hydrogens (primary N) is 2. The number of nitrogens with one attached hydrogen (secondary N) is 1. The maximum absolute atomic E-state index is 11.8. The summed E-state index contributed by atoms with van der Waals surface area (Å²) in [5.41, 5.74) is 12.0. The van der Waals surface area contributed by atoms with E-state index in [0.717, 1.165) is 0 Å². The Balaban J connectivity index is 1.94. The van der Waals surface area contributed by atoms with Crippen molar-refractivity contribution in [1.82, 2.24) is 5.32 Å². The van der Waals surface area contributed by atoms with Crippen LogP contribution in [0.1, 0.15) is 10.4 Å². The summed E-state index contributed by atoms with van der Waals surface area (Å²) in [6, 6.07) is 6.83. The van der Waals surface area contributed by atoms with E-state index in [1.807, 2.05) is 0 Å². The minimum Gasteiger partial charge on any atom is -0.399 e. The first kappa shape index (κ1) is 18.4. The minimum absolute atomic E-state index is 0.163. The van der Waals surface area contributed by atoms with E-state index in [1.165, 1.54) is 0 Å².